The molecule has 0 amide bonds. The average molecular weight is 997 g/mol. The minimum atomic E-state index is -1.49. The number of allylic oxidation sites excluding steroid dienone is 3. The molecule has 3 saturated heterocycles. The summed E-state index contributed by atoms with van der Waals surface area (Å²) in [5.74, 6) is -3.59. The van der Waals surface area contributed by atoms with Crippen LogP contribution in [-0.4, -0.2) is 187 Å². The van der Waals surface area contributed by atoms with Crippen LogP contribution in [0.15, 0.2) is 23.8 Å². The second kappa shape index (κ2) is 25.7. The van der Waals surface area contributed by atoms with Crippen LogP contribution in [0.2, 0.25) is 0 Å². The molecule has 0 bridgehead atoms. The van der Waals surface area contributed by atoms with Gasteiger partial charge >= 0.3 is 5.97 Å². The Morgan fingerprint density at radius 3 is 2.09 bits per heavy atom. The molecule has 0 unspecified atom stereocenters. The smallest absolute Gasteiger partial charge is 0.308 e. The fourth-order valence-corrected chi connectivity index (χ4v) is 9.51. The summed E-state index contributed by atoms with van der Waals surface area (Å²) < 4.78 is 54.7. The molecule has 0 aromatic carbocycles. The van der Waals surface area contributed by atoms with Crippen LogP contribution < -0.4 is 0 Å². The summed E-state index contributed by atoms with van der Waals surface area (Å²) in [6, 6.07) is -0.748. The van der Waals surface area contributed by atoms with Crippen LogP contribution in [0.25, 0.3) is 0 Å². The molecule has 5 N–H and O–H groups in total. The van der Waals surface area contributed by atoms with E-state index >= 15 is 0 Å². The molecule has 3 fully saturated rings. The summed E-state index contributed by atoms with van der Waals surface area (Å²) in [4.78, 5) is 41.5. The van der Waals surface area contributed by atoms with Crippen LogP contribution in [0.4, 0.5) is 0 Å². The van der Waals surface area contributed by atoms with Gasteiger partial charge in [0.05, 0.1) is 55.2 Å². The van der Waals surface area contributed by atoms with Gasteiger partial charge in [0.25, 0.3) is 0 Å². The molecule has 4 aliphatic rings. The lowest BCUT2D eigenvalue weighted by molar-refractivity contribution is -0.341. The lowest BCUT2D eigenvalue weighted by Crippen LogP contribution is -2.65. The standard InChI is InChI=1S/C46H77NO17.BrH/c1-13-33-30(22-58-45-42(57-12)41(56-11)37(52)26(5)60-45)18-23(2)14-15-31(49)24(3)19-29(16-17-48)39(25(4)32(50)20-34(51)62-33)64-44-38(53)36(47(9)10)40(27(6)61-44)63-35-21-46(8,55)43(54)28(7)59-35;/h14-15,17-18,24-30,32-33,35-45,50,52-55H,13,16,19-22H2,1-12H3;1H/b15-14+,23-18+;/t24-,25+,26-,27-,28+,29+,30-,32-,33-,35+,36+,37+,38-,39-,40-,41-,42-,43+,44+,45-,46-;/m1./s1. The molecule has 376 valence electrons. The zero-order valence-corrected chi connectivity index (χ0v) is 41.8. The average Bonchev–Trinajstić information content (AvgIpc) is 3.23. The largest absolute Gasteiger partial charge is 0.462 e. The number of ether oxygens (including phenoxy) is 9. The summed E-state index contributed by atoms with van der Waals surface area (Å²) in [5.41, 5.74) is -0.806. The Kier molecular flexibility index (Phi) is 22.8. The number of likely N-dealkylation sites (N-methyl/N-ethyl adjacent to an activating group) is 1. The van der Waals surface area contributed by atoms with Crippen molar-refractivity contribution in [2.45, 2.75) is 191 Å². The molecular weight excluding hydrogens is 918 g/mol. The fourth-order valence-electron chi connectivity index (χ4n) is 9.51. The van der Waals surface area contributed by atoms with Crippen molar-refractivity contribution in [3.05, 3.63) is 23.8 Å². The van der Waals surface area contributed by atoms with Crippen LogP contribution >= 0.6 is 17.0 Å². The van der Waals surface area contributed by atoms with Crippen LogP contribution in [0.3, 0.4) is 0 Å². The molecule has 4 rings (SSSR count). The van der Waals surface area contributed by atoms with Gasteiger partial charge in [-0.15, -0.1) is 17.0 Å². The number of carbonyl (C=O) groups excluding carboxylic acids is 3. The van der Waals surface area contributed by atoms with Gasteiger partial charge in [0.2, 0.25) is 0 Å². The molecule has 0 spiro atoms. The van der Waals surface area contributed by atoms with E-state index in [1.807, 2.05) is 19.9 Å². The third-order valence-electron chi connectivity index (χ3n) is 13.4. The van der Waals surface area contributed by atoms with E-state index in [1.165, 1.54) is 27.2 Å². The molecule has 18 nitrogen and oxygen atoms in total. The molecule has 65 heavy (non-hydrogen) atoms. The molecular formula is C46H78BrNO17. The van der Waals surface area contributed by atoms with Crippen molar-refractivity contribution in [1.82, 2.24) is 4.90 Å². The van der Waals surface area contributed by atoms with Crippen LogP contribution in [-0.2, 0) is 57.0 Å². The van der Waals surface area contributed by atoms with Crippen molar-refractivity contribution in [2.24, 2.45) is 23.7 Å². The summed E-state index contributed by atoms with van der Waals surface area (Å²) in [5, 5.41) is 55.8. The summed E-state index contributed by atoms with van der Waals surface area (Å²) >= 11 is 0. The van der Waals surface area contributed by atoms with Crippen molar-refractivity contribution >= 4 is 35.0 Å². The van der Waals surface area contributed by atoms with Crippen molar-refractivity contribution < 1.29 is 82.5 Å². The highest BCUT2D eigenvalue weighted by molar-refractivity contribution is 8.93. The van der Waals surface area contributed by atoms with E-state index in [4.69, 9.17) is 42.6 Å². The van der Waals surface area contributed by atoms with E-state index in [-0.39, 0.29) is 48.6 Å². The van der Waals surface area contributed by atoms with E-state index in [2.05, 4.69) is 0 Å². The lowest BCUT2D eigenvalue weighted by Gasteiger charge is -2.50. The highest BCUT2D eigenvalue weighted by Gasteiger charge is 2.52. The van der Waals surface area contributed by atoms with Crippen molar-refractivity contribution in [3.8, 4) is 0 Å². The SMILES string of the molecule is Br.CC[C@H]1OC(=O)C[C@@H](O)[C@H](C)[C@@H](O[C@@H]2O[C@H](C)[C@@H](O[C@H]3C[C@@](C)(O)[C@@H](O)[C@H](C)O3)[C@@H](N(C)C)[C@H]2O)[C@@H](CC=O)C[C@@H](C)C(=O)/C=C/C(C)=C/[C@@H]1CO[C@@H]1O[C@H](C)[C@H](O)[C@@H](OC)[C@H]1OC. The molecule has 21 atom stereocenters. The van der Waals surface area contributed by atoms with Crippen LogP contribution in [0.1, 0.15) is 87.5 Å². The van der Waals surface area contributed by atoms with E-state index in [1.54, 1.807) is 59.7 Å². The number of hydrogen-bond donors (Lipinski definition) is 5. The number of aliphatic hydroxyl groups excluding tert-OH is 4. The Morgan fingerprint density at radius 2 is 1.51 bits per heavy atom. The second-order valence-electron chi connectivity index (χ2n) is 18.7. The molecule has 0 aliphatic carbocycles. The zero-order chi connectivity index (χ0) is 47.8. The molecule has 0 radical (unpaired) electrons. The number of hydrogen-bond acceptors (Lipinski definition) is 18. The van der Waals surface area contributed by atoms with Crippen LogP contribution in [0.5, 0.6) is 0 Å². The number of carbonyl (C=O) groups is 3. The topological polar surface area (TPSA) is 239 Å². The predicted octanol–water partition coefficient (Wildman–Crippen LogP) is 2.41. The van der Waals surface area contributed by atoms with Crippen molar-refractivity contribution in [1.29, 1.82) is 0 Å². The molecule has 0 saturated carbocycles. The molecule has 0 aromatic rings. The lowest BCUT2D eigenvalue weighted by atomic mass is 9.79. The quantitative estimate of drug-likeness (QED) is 0.132. The van der Waals surface area contributed by atoms with E-state index in [9.17, 15) is 39.9 Å². The van der Waals surface area contributed by atoms with Gasteiger partial charge in [-0.3, -0.25) is 9.59 Å². The first-order chi connectivity index (χ1) is 30.1. The third kappa shape index (κ3) is 14.6. The summed E-state index contributed by atoms with van der Waals surface area (Å²) in [7, 11) is 6.43. The Hall–Kier alpha value is -1.79. The Balaban J connectivity index is 0.0000112. The van der Waals surface area contributed by atoms with Gasteiger partial charge in [-0.05, 0) is 73.5 Å². The number of halogens is 1. The van der Waals surface area contributed by atoms with Gasteiger partial charge in [-0.1, -0.05) is 38.5 Å². The normalized spacial score (nSPS) is 45.2. The first-order valence-corrected chi connectivity index (χ1v) is 22.7. The van der Waals surface area contributed by atoms with E-state index < -0.39 is 140 Å². The Labute approximate surface area is 395 Å². The van der Waals surface area contributed by atoms with Gasteiger partial charge in [0.15, 0.2) is 24.7 Å². The summed E-state index contributed by atoms with van der Waals surface area (Å²) in [6.07, 6.45) is -8.49. The number of aldehydes is 1. The molecule has 4 heterocycles. The number of aliphatic hydroxyl groups is 5. The number of ketones is 1. The van der Waals surface area contributed by atoms with Crippen LogP contribution in [0, 0.1) is 23.7 Å². The van der Waals surface area contributed by atoms with E-state index in [0.29, 0.717) is 12.0 Å². The second-order valence-corrected chi connectivity index (χ2v) is 18.7. The highest BCUT2D eigenvalue weighted by atomic mass is 79.9. The van der Waals surface area contributed by atoms with Gasteiger partial charge < -0.3 is 77.9 Å². The molecule has 19 heteroatoms. The van der Waals surface area contributed by atoms with Gasteiger partial charge in [-0.25, -0.2) is 0 Å². The molecule has 0 aromatic heterocycles. The molecule has 4 aliphatic heterocycles. The Bertz CT molecular complexity index is 1570. The number of esters is 1. The van der Waals surface area contributed by atoms with Crippen molar-refractivity contribution in [2.75, 3.05) is 34.9 Å². The monoisotopic (exact) mass is 995 g/mol. The maximum atomic E-state index is 13.8. The third-order valence-corrected chi connectivity index (χ3v) is 13.4. The van der Waals surface area contributed by atoms with Gasteiger partial charge in [0, 0.05) is 44.8 Å². The zero-order valence-electron chi connectivity index (χ0n) is 40.1. The number of cyclic esters (lactones) is 1. The minimum absolute atomic E-state index is 0. The minimum Gasteiger partial charge on any atom is -0.462 e. The number of methoxy groups -OCH3 is 2. The fraction of sp³-hybridized carbons (Fsp3) is 0.848. The van der Waals surface area contributed by atoms with Gasteiger partial charge in [0.1, 0.15) is 49.0 Å². The number of rotatable bonds is 13. The maximum Gasteiger partial charge on any atom is 0.308 e. The Morgan fingerprint density at radius 1 is 0.862 bits per heavy atom. The predicted molar refractivity (Wildman–Crippen MR) is 241 cm³/mol. The maximum absolute atomic E-state index is 13.8. The first-order valence-electron chi connectivity index (χ1n) is 22.7. The number of nitrogens with zero attached hydrogens (tertiary/aromatic N) is 1. The first kappa shape index (κ1) is 57.5. The summed E-state index contributed by atoms with van der Waals surface area (Å²) in [6.45, 7) is 13.6. The van der Waals surface area contributed by atoms with Gasteiger partial charge in [-0.2, -0.15) is 0 Å². The highest BCUT2D eigenvalue weighted by Crippen LogP contribution is 2.37. The van der Waals surface area contributed by atoms with Crippen molar-refractivity contribution in [3.63, 3.8) is 0 Å². The van der Waals surface area contributed by atoms with E-state index in [0.717, 1.165) is 6.29 Å².